The monoisotopic (exact) mass is 405 g/mol. The molecule has 1 heterocycles. The highest BCUT2D eigenvalue weighted by molar-refractivity contribution is 14.1. The van der Waals surface area contributed by atoms with Crippen LogP contribution in [0.3, 0.4) is 0 Å². The average Bonchev–Trinajstić information content (AvgIpc) is 2.94. The van der Waals surface area contributed by atoms with Gasteiger partial charge in [-0.25, -0.2) is 4.98 Å². The third-order valence-corrected chi connectivity index (χ3v) is 4.07. The molecule has 0 saturated carbocycles. The number of aromatic amines is 1. The number of fused-ring (bicyclic) bond motifs is 1. The van der Waals surface area contributed by atoms with E-state index < -0.39 is 0 Å². The lowest BCUT2D eigenvalue weighted by atomic mass is 10.2. The molecule has 2 N–H and O–H groups in total. The van der Waals surface area contributed by atoms with Gasteiger partial charge in [-0.05, 0) is 59.3 Å². The smallest absolute Gasteiger partial charge is 0.251 e. The first-order chi connectivity index (χ1) is 10.7. The van der Waals surface area contributed by atoms with E-state index >= 15 is 0 Å². The normalized spacial score (nSPS) is 10.8. The molecule has 0 fully saturated rings. The van der Waals surface area contributed by atoms with Crippen LogP contribution in [0.25, 0.3) is 11.0 Å². The Hall–Kier alpha value is -1.89. The van der Waals surface area contributed by atoms with Crippen molar-refractivity contribution in [2.45, 2.75) is 12.8 Å². The Morgan fingerprint density at radius 2 is 2.05 bits per heavy atom. The minimum Gasteiger partial charge on any atom is -0.352 e. The van der Waals surface area contributed by atoms with Crippen LogP contribution in [-0.4, -0.2) is 22.4 Å². The summed E-state index contributed by atoms with van der Waals surface area (Å²) in [4.78, 5) is 19.8. The Bertz CT molecular complexity index is 764. The van der Waals surface area contributed by atoms with Crippen molar-refractivity contribution in [3.63, 3.8) is 0 Å². The second-order valence-electron chi connectivity index (χ2n) is 5.07. The number of amides is 1. The lowest BCUT2D eigenvalue weighted by Gasteiger charge is -2.04. The van der Waals surface area contributed by atoms with Gasteiger partial charge in [0.05, 0.1) is 11.0 Å². The summed E-state index contributed by atoms with van der Waals surface area (Å²) in [5.74, 6) is 0.938. The fraction of sp³-hybridized carbons (Fsp3) is 0.176. The highest BCUT2D eigenvalue weighted by Crippen LogP contribution is 2.11. The predicted octanol–water partition coefficient (Wildman–Crippen LogP) is 3.53. The average molecular weight is 405 g/mol. The van der Waals surface area contributed by atoms with Crippen molar-refractivity contribution < 1.29 is 4.79 Å². The maximum absolute atomic E-state index is 12.0. The number of hydrogen-bond donors (Lipinski definition) is 2. The molecule has 0 atom stereocenters. The van der Waals surface area contributed by atoms with Crippen LogP contribution in [0.15, 0.2) is 48.5 Å². The first-order valence-electron chi connectivity index (χ1n) is 7.20. The molecule has 4 nitrogen and oxygen atoms in total. The van der Waals surface area contributed by atoms with Gasteiger partial charge >= 0.3 is 0 Å². The van der Waals surface area contributed by atoms with Gasteiger partial charge in [0.25, 0.3) is 5.91 Å². The molecule has 0 aliphatic rings. The number of aromatic nitrogens is 2. The zero-order valence-corrected chi connectivity index (χ0v) is 14.1. The van der Waals surface area contributed by atoms with Gasteiger partial charge in [0, 0.05) is 22.1 Å². The molecule has 0 spiro atoms. The molecular formula is C17H16IN3O. The van der Waals surface area contributed by atoms with Gasteiger partial charge in [0.2, 0.25) is 0 Å². The number of aryl methyl sites for hydroxylation is 1. The van der Waals surface area contributed by atoms with Crippen LogP contribution in [0.4, 0.5) is 0 Å². The highest BCUT2D eigenvalue weighted by atomic mass is 127. The van der Waals surface area contributed by atoms with E-state index in [-0.39, 0.29) is 5.91 Å². The minimum atomic E-state index is -0.0249. The van der Waals surface area contributed by atoms with Crippen LogP contribution in [0.1, 0.15) is 22.6 Å². The van der Waals surface area contributed by atoms with E-state index in [2.05, 4.69) is 37.9 Å². The standard InChI is InChI=1S/C17H16IN3O/c18-13-6-3-5-12(11-13)17(22)19-10-4-9-16-20-14-7-1-2-8-15(14)21-16/h1-3,5-8,11H,4,9-10H2,(H,19,22)(H,20,21). The van der Waals surface area contributed by atoms with Gasteiger partial charge in [0.15, 0.2) is 0 Å². The number of nitrogens with zero attached hydrogens (tertiary/aromatic N) is 1. The van der Waals surface area contributed by atoms with Crippen molar-refractivity contribution in [3.05, 3.63) is 63.5 Å². The van der Waals surface area contributed by atoms with E-state index in [0.29, 0.717) is 12.1 Å². The first kappa shape index (κ1) is 15.0. The molecular weight excluding hydrogens is 389 g/mol. The van der Waals surface area contributed by atoms with Gasteiger partial charge in [-0.1, -0.05) is 18.2 Å². The second kappa shape index (κ2) is 6.91. The summed E-state index contributed by atoms with van der Waals surface area (Å²) in [5.41, 5.74) is 2.75. The van der Waals surface area contributed by atoms with Crippen molar-refractivity contribution in [3.8, 4) is 0 Å². The van der Waals surface area contributed by atoms with Crippen LogP contribution in [-0.2, 0) is 6.42 Å². The predicted molar refractivity (Wildman–Crippen MR) is 95.9 cm³/mol. The molecule has 0 radical (unpaired) electrons. The first-order valence-corrected chi connectivity index (χ1v) is 8.27. The lowest BCUT2D eigenvalue weighted by molar-refractivity contribution is 0.0953. The molecule has 5 heteroatoms. The van der Waals surface area contributed by atoms with E-state index in [1.165, 1.54) is 0 Å². The fourth-order valence-electron chi connectivity index (χ4n) is 2.31. The van der Waals surface area contributed by atoms with Crippen LogP contribution in [0.2, 0.25) is 0 Å². The van der Waals surface area contributed by atoms with E-state index in [9.17, 15) is 4.79 Å². The van der Waals surface area contributed by atoms with Gasteiger partial charge in [-0.2, -0.15) is 0 Å². The number of carbonyl (C=O) groups is 1. The second-order valence-corrected chi connectivity index (χ2v) is 6.32. The van der Waals surface area contributed by atoms with Crippen molar-refractivity contribution >= 4 is 39.5 Å². The maximum Gasteiger partial charge on any atom is 0.251 e. The van der Waals surface area contributed by atoms with E-state index in [1.54, 1.807) is 0 Å². The summed E-state index contributed by atoms with van der Waals surface area (Å²) >= 11 is 2.21. The summed E-state index contributed by atoms with van der Waals surface area (Å²) in [6.07, 6.45) is 1.68. The number of nitrogens with one attached hydrogen (secondary N) is 2. The number of hydrogen-bond acceptors (Lipinski definition) is 2. The molecule has 0 bridgehead atoms. The third-order valence-electron chi connectivity index (χ3n) is 3.40. The molecule has 112 valence electrons. The molecule has 1 amide bonds. The molecule has 0 aliphatic carbocycles. The van der Waals surface area contributed by atoms with Gasteiger partial charge < -0.3 is 10.3 Å². The zero-order valence-electron chi connectivity index (χ0n) is 12.0. The fourth-order valence-corrected chi connectivity index (χ4v) is 2.86. The summed E-state index contributed by atoms with van der Waals surface area (Å²) in [6, 6.07) is 15.6. The van der Waals surface area contributed by atoms with Crippen molar-refractivity contribution in [2.24, 2.45) is 0 Å². The van der Waals surface area contributed by atoms with Crippen LogP contribution >= 0.6 is 22.6 Å². The molecule has 3 aromatic rings. The number of rotatable bonds is 5. The molecule has 2 aromatic carbocycles. The Morgan fingerprint density at radius 1 is 1.18 bits per heavy atom. The molecule has 0 aliphatic heterocycles. The molecule has 0 saturated heterocycles. The SMILES string of the molecule is O=C(NCCCc1nc2ccccc2[nH]1)c1cccc(I)c1. The van der Waals surface area contributed by atoms with Crippen molar-refractivity contribution in [1.82, 2.24) is 15.3 Å². The minimum absolute atomic E-state index is 0.0249. The van der Waals surface area contributed by atoms with Gasteiger partial charge in [-0.15, -0.1) is 0 Å². The Labute approximate surface area is 142 Å². The van der Waals surface area contributed by atoms with Gasteiger partial charge in [0.1, 0.15) is 5.82 Å². The van der Waals surface area contributed by atoms with Crippen molar-refractivity contribution in [2.75, 3.05) is 6.54 Å². The quantitative estimate of drug-likeness (QED) is 0.504. The van der Waals surface area contributed by atoms with E-state index in [1.807, 2.05) is 48.5 Å². The number of halogens is 1. The van der Waals surface area contributed by atoms with E-state index in [0.717, 1.165) is 33.3 Å². The van der Waals surface area contributed by atoms with Gasteiger partial charge in [-0.3, -0.25) is 4.79 Å². The Kier molecular flexibility index (Phi) is 4.72. The van der Waals surface area contributed by atoms with Crippen LogP contribution in [0.5, 0.6) is 0 Å². The number of imidazole rings is 1. The summed E-state index contributed by atoms with van der Waals surface area (Å²) in [7, 11) is 0. The lowest BCUT2D eigenvalue weighted by Crippen LogP contribution is -2.24. The summed E-state index contributed by atoms with van der Waals surface area (Å²) in [5, 5.41) is 2.95. The number of carbonyl (C=O) groups excluding carboxylic acids is 1. The number of para-hydroxylation sites is 2. The molecule has 1 aromatic heterocycles. The summed E-state index contributed by atoms with van der Waals surface area (Å²) in [6.45, 7) is 0.640. The molecule has 3 rings (SSSR count). The van der Waals surface area contributed by atoms with Crippen molar-refractivity contribution in [1.29, 1.82) is 0 Å². The topological polar surface area (TPSA) is 57.8 Å². The molecule has 0 unspecified atom stereocenters. The Morgan fingerprint density at radius 3 is 2.86 bits per heavy atom. The van der Waals surface area contributed by atoms with E-state index in [4.69, 9.17) is 0 Å². The summed E-state index contributed by atoms with van der Waals surface area (Å²) < 4.78 is 1.06. The highest BCUT2D eigenvalue weighted by Gasteiger charge is 2.06. The van der Waals surface area contributed by atoms with Crippen LogP contribution < -0.4 is 5.32 Å². The largest absolute Gasteiger partial charge is 0.352 e. The molecule has 22 heavy (non-hydrogen) atoms. The Balaban J connectivity index is 1.50. The number of H-pyrrole nitrogens is 1. The maximum atomic E-state index is 12.0. The van der Waals surface area contributed by atoms with Crippen LogP contribution in [0, 0.1) is 3.57 Å². The zero-order chi connectivity index (χ0) is 15.4. The third kappa shape index (κ3) is 3.65. The number of benzene rings is 2.